The third kappa shape index (κ3) is 4.84. The SMILES string of the molecule is CNC1CCCN(C(=O)c2cc(-c3ccccc3Cl)nc3ccccc23)C1.Cl.Cl. The normalized spacial score (nSPS) is 16.1. The first-order valence-corrected chi connectivity index (χ1v) is 9.66. The van der Waals surface area contributed by atoms with Gasteiger partial charge in [-0.25, -0.2) is 4.98 Å². The van der Waals surface area contributed by atoms with Crippen molar-refractivity contribution < 1.29 is 4.79 Å². The highest BCUT2D eigenvalue weighted by atomic mass is 35.5. The van der Waals surface area contributed by atoms with E-state index < -0.39 is 0 Å². The maximum Gasteiger partial charge on any atom is 0.254 e. The Bertz CT molecular complexity index is 996. The number of hydrogen-bond donors (Lipinski definition) is 1. The molecule has 1 aliphatic heterocycles. The maximum absolute atomic E-state index is 13.4. The second kappa shape index (κ2) is 10.3. The Morgan fingerprint density at radius 3 is 2.62 bits per heavy atom. The van der Waals surface area contributed by atoms with Crippen molar-refractivity contribution in [3.63, 3.8) is 0 Å². The summed E-state index contributed by atoms with van der Waals surface area (Å²) in [7, 11) is 1.95. The van der Waals surface area contributed by atoms with Gasteiger partial charge < -0.3 is 10.2 Å². The van der Waals surface area contributed by atoms with Crippen LogP contribution in [0.25, 0.3) is 22.2 Å². The quantitative estimate of drug-likeness (QED) is 0.592. The van der Waals surface area contributed by atoms with Crippen LogP contribution in [-0.4, -0.2) is 42.0 Å². The summed E-state index contributed by atoms with van der Waals surface area (Å²) in [5, 5.41) is 4.81. The molecule has 0 radical (unpaired) electrons. The van der Waals surface area contributed by atoms with Gasteiger partial charge in [0.2, 0.25) is 0 Å². The molecule has 0 bridgehead atoms. The fourth-order valence-electron chi connectivity index (χ4n) is 3.73. The molecule has 0 aliphatic carbocycles. The number of pyridine rings is 1. The van der Waals surface area contributed by atoms with Crippen LogP contribution in [0.1, 0.15) is 23.2 Å². The molecule has 1 unspecified atom stereocenters. The molecule has 1 fully saturated rings. The average Bonchev–Trinajstić information content (AvgIpc) is 2.73. The Morgan fingerprint density at radius 2 is 1.86 bits per heavy atom. The zero-order valence-electron chi connectivity index (χ0n) is 16.1. The molecule has 1 amide bonds. The summed E-state index contributed by atoms with van der Waals surface area (Å²) in [6.45, 7) is 1.52. The number of benzene rings is 2. The first kappa shape index (κ1) is 23.4. The fourth-order valence-corrected chi connectivity index (χ4v) is 3.96. The molecule has 1 saturated heterocycles. The lowest BCUT2D eigenvalue weighted by Crippen LogP contribution is -2.47. The van der Waals surface area contributed by atoms with Crippen LogP contribution < -0.4 is 5.32 Å². The number of rotatable bonds is 3. The molecule has 1 aromatic heterocycles. The topological polar surface area (TPSA) is 45.2 Å². The monoisotopic (exact) mass is 451 g/mol. The molecule has 0 saturated carbocycles. The van der Waals surface area contributed by atoms with E-state index in [-0.39, 0.29) is 30.7 Å². The van der Waals surface area contributed by atoms with Gasteiger partial charge in [-0.05, 0) is 38.1 Å². The zero-order chi connectivity index (χ0) is 18.8. The van der Waals surface area contributed by atoms with Crippen LogP contribution >= 0.6 is 36.4 Å². The van der Waals surface area contributed by atoms with Crippen molar-refractivity contribution in [2.75, 3.05) is 20.1 Å². The van der Waals surface area contributed by atoms with Crippen molar-refractivity contribution in [3.8, 4) is 11.3 Å². The number of nitrogens with one attached hydrogen (secondary N) is 1. The number of halogens is 3. The number of fused-ring (bicyclic) bond motifs is 1. The van der Waals surface area contributed by atoms with Crippen LogP contribution in [0.3, 0.4) is 0 Å². The molecular weight excluding hydrogens is 429 g/mol. The molecule has 1 aliphatic rings. The van der Waals surface area contributed by atoms with E-state index in [4.69, 9.17) is 16.6 Å². The molecule has 2 aromatic carbocycles. The number of aromatic nitrogens is 1. The highest BCUT2D eigenvalue weighted by molar-refractivity contribution is 6.33. The number of carbonyl (C=O) groups excluding carboxylic acids is 1. The van der Waals surface area contributed by atoms with Crippen LogP contribution in [0.5, 0.6) is 0 Å². The number of nitrogens with zero attached hydrogens (tertiary/aromatic N) is 2. The third-order valence-corrected chi connectivity index (χ3v) is 5.54. The van der Waals surface area contributed by atoms with Gasteiger partial charge in [-0.2, -0.15) is 0 Å². The van der Waals surface area contributed by atoms with Gasteiger partial charge in [-0.1, -0.05) is 48.0 Å². The number of para-hydroxylation sites is 1. The molecule has 1 atom stereocenters. The lowest BCUT2D eigenvalue weighted by atomic mass is 10.0. The first-order chi connectivity index (χ1) is 13.2. The van der Waals surface area contributed by atoms with Gasteiger partial charge in [0.05, 0.1) is 16.8 Å². The smallest absolute Gasteiger partial charge is 0.254 e. The zero-order valence-corrected chi connectivity index (χ0v) is 18.5. The highest BCUT2D eigenvalue weighted by Gasteiger charge is 2.25. The summed E-state index contributed by atoms with van der Waals surface area (Å²) < 4.78 is 0. The molecule has 3 aromatic rings. The van der Waals surface area contributed by atoms with Gasteiger partial charge in [-0.3, -0.25) is 4.79 Å². The summed E-state index contributed by atoms with van der Waals surface area (Å²) in [5.41, 5.74) is 3.06. The largest absolute Gasteiger partial charge is 0.337 e. The number of amides is 1. The van der Waals surface area contributed by atoms with E-state index in [9.17, 15) is 4.79 Å². The third-order valence-electron chi connectivity index (χ3n) is 5.21. The number of likely N-dealkylation sites (N-methyl/N-ethyl adjacent to an activating group) is 1. The maximum atomic E-state index is 13.4. The van der Waals surface area contributed by atoms with E-state index in [1.54, 1.807) is 0 Å². The van der Waals surface area contributed by atoms with Crippen molar-refractivity contribution in [2.24, 2.45) is 0 Å². The van der Waals surface area contributed by atoms with Crippen LogP contribution in [0.2, 0.25) is 5.02 Å². The molecule has 1 N–H and O–H groups in total. The number of likely N-dealkylation sites (tertiary alicyclic amines) is 1. The molecular formula is C22H24Cl3N3O. The molecule has 4 rings (SSSR count). The molecule has 154 valence electrons. The Labute approximate surface area is 188 Å². The summed E-state index contributed by atoms with van der Waals surface area (Å²) >= 11 is 6.38. The van der Waals surface area contributed by atoms with E-state index in [1.807, 2.05) is 66.5 Å². The lowest BCUT2D eigenvalue weighted by molar-refractivity contribution is 0.0700. The van der Waals surface area contributed by atoms with Crippen molar-refractivity contribution in [1.82, 2.24) is 15.2 Å². The number of hydrogen-bond acceptors (Lipinski definition) is 3. The van der Waals surface area contributed by atoms with Crippen LogP contribution in [0.4, 0.5) is 0 Å². The van der Waals surface area contributed by atoms with Crippen LogP contribution in [-0.2, 0) is 0 Å². The van der Waals surface area contributed by atoms with Crippen LogP contribution in [0.15, 0.2) is 54.6 Å². The first-order valence-electron chi connectivity index (χ1n) is 9.28. The Hall–Kier alpha value is -1.85. The number of piperidine rings is 1. The molecule has 4 nitrogen and oxygen atoms in total. The Morgan fingerprint density at radius 1 is 1.14 bits per heavy atom. The standard InChI is InChI=1S/C22H22ClN3O.2ClH/c1-24-15-7-6-12-26(14-15)22(27)18-13-21(17-9-2-4-10-19(17)23)25-20-11-5-3-8-16(18)20;;/h2-5,8-11,13,15,24H,6-7,12,14H2,1H3;2*1H. The van der Waals surface area contributed by atoms with E-state index >= 15 is 0 Å². The highest BCUT2D eigenvalue weighted by Crippen LogP contribution is 2.30. The summed E-state index contributed by atoms with van der Waals surface area (Å²) in [5.74, 6) is 0.0573. The van der Waals surface area contributed by atoms with Crippen molar-refractivity contribution >= 4 is 53.2 Å². The van der Waals surface area contributed by atoms with Crippen LogP contribution in [0, 0.1) is 0 Å². The van der Waals surface area contributed by atoms with Crippen molar-refractivity contribution in [1.29, 1.82) is 0 Å². The predicted molar refractivity (Wildman–Crippen MR) is 125 cm³/mol. The van der Waals surface area contributed by atoms with E-state index in [0.29, 0.717) is 16.6 Å². The minimum atomic E-state index is 0. The van der Waals surface area contributed by atoms with E-state index in [0.717, 1.165) is 48.1 Å². The molecule has 7 heteroatoms. The average molecular weight is 453 g/mol. The van der Waals surface area contributed by atoms with E-state index in [1.165, 1.54) is 0 Å². The molecule has 0 spiro atoms. The van der Waals surface area contributed by atoms with Gasteiger partial charge >= 0.3 is 0 Å². The second-order valence-electron chi connectivity index (χ2n) is 6.93. The van der Waals surface area contributed by atoms with Gasteiger partial charge in [0.25, 0.3) is 5.91 Å². The number of carbonyl (C=O) groups is 1. The van der Waals surface area contributed by atoms with E-state index in [2.05, 4.69) is 5.32 Å². The minimum absolute atomic E-state index is 0. The summed E-state index contributed by atoms with van der Waals surface area (Å²) in [6.07, 6.45) is 2.11. The van der Waals surface area contributed by atoms with Gasteiger partial charge in [0.1, 0.15) is 0 Å². The minimum Gasteiger partial charge on any atom is -0.337 e. The van der Waals surface area contributed by atoms with Crippen molar-refractivity contribution in [3.05, 3.63) is 65.2 Å². The van der Waals surface area contributed by atoms with Gasteiger partial charge in [0.15, 0.2) is 0 Å². The Kier molecular flexibility index (Phi) is 8.29. The summed E-state index contributed by atoms with van der Waals surface area (Å²) in [6, 6.07) is 17.6. The van der Waals surface area contributed by atoms with Gasteiger partial charge in [-0.15, -0.1) is 24.8 Å². The lowest BCUT2D eigenvalue weighted by Gasteiger charge is -2.33. The molecule has 2 heterocycles. The predicted octanol–water partition coefficient (Wildman–Crippen LogP) is 5.22. The van der Waals surface area contributed by atoms with Crippen molar-refractivity contribution in [2.45, 2.75) is 18.9 Å². The Balaban J connectivity index is 0.00000150. The summed E-state index contributed by atoms with van der Waals surface area (Å²) in [4.78, 5) is 20.1. The molecule has 29 heavy (non-hydrogen) atoms. The second-order valence-corrected chi connectivity index (χ2v) is 7.34. The fraction of sp³-hybridized carbons (Fsp3) is 0.273. The van der Waals surface area contributed by atoms with Gasteiger partial charge in [0, 0.05) is 35.1 Å².